The fourth-order valence-corrected chi connectivity index (χ4v) is 2.39. The van der Waals surface area contributed by atoms with Gasteiger partial charge in [0, 0.05) is 17.9 Å². The standard InChI is InChI=1S/C17H25N3O2/c1-12(18-4)10-15-19-16(22-20-15)17(2,3)11-13-8-6-7-9-14(13)21-5/h6-9,12,18H,10-11H2,1-5H3. The number of nitrogens with zero attached hydrogens (tertiary/aromatic N) is 2. The van der Waals surface area contributed by atoms with Gasteiger partial charge in [-0.2, -0.15) is 4.98 Å². The van der Waals surface area contributed by atoms with Gasteiger partial charge in [0.15, 0.2) is 5.82 Å². The van der Waals surface area contributed by atoms with E-state index < -0.39 is 0 Å². The molecule has 1 unspecified atom stereocenters. The highest BCUT2D eigenvalue weighted by atomic mass is 16.5. The molecule has 120 valence electrons. The third-order valence-electron chi connectivity index (χ3n) is 3.85. The Bertz CT molecular complexity index is 607. The van der Waals surface area contributed by atoms with Crippen LogP contribution in [0.2, 0.25) is 0 Å². The molecule has 5 nitrogen and oxygen atoms in total. The molecule has 0 saturated heterocycles. The van der Waals surface area contributed by atoms with E-state index in [4.69, 9.17) is 9.26 Å². The molecule has 1 aromatic carbocycles. The summed E-state index contributed by atoms with van der Waals surface area (Å²) in [6.07, 6.45) is 1.53. The highest BCUT2D eigenvalue weighted by Gasteiger charge is 2.29. The van der Waals surface area contributed by atoms with Gasteiger partial charge in [0.05, 0.1) is 7.11 Å². The highest BCUT2D eigenvalue weighted by Crippen LogP contribution is 2.30. The van der Waals surface area contributed by atoms with Crippen molar-refractivity contribution in [2.24, 2.45) is 0 Å². The predicted octanol–water partition coefficient (Wildman–Crippen LogP) is 2.75. The Morgan fingerprint density at radius 2 is 2.05 bits per heavy atom. The lowest BCUT2D eigenvalue weighted by atomic mass is 9.85. The van der Waals surface area contributed by atoms with Crippen LogP contribution >= 0.6 is 0 Å². The van der Waals surface area contributed by atoms with Gasteiger partial charge in [-0.15, -0.1) is 0 Å². The third kappa shape index (κ3) is 3.85. The van der Waals surface area contributed by atoms with Crippen molar-refractivity contribution in [3.63, 3.8) is 0 Å². The number of nitrogens with one attached hydrogen (secondary N) is 1. The lowest BCUT2D eigenvalue weighted by molar-refractivity contribution is 0.301. The van der Waals surface area contributed by atoms with Crippen molar-refractivity contribution >= 4 is 0 Å². The summed E-state index contributed by atoms with van der Waals surface area (Å²) in [5.74, 6) is 2.29. The van der Waals surface area contributed by atoms with Crippen LogP contribution in [0.3, 0.4) is 0 Å². The Hall–Kier alpha value is -1.88. The zero-order chi connectivity index (χ0) is 16.2. The number of para-hydroxylation sites is 1. The molecule has 2 rings (SSSR count). The minimum atomic E-state index is -0.247. The first-order valence-electron chi connectivity index (χ1n) is 7.58. The van der Waals surface area contributed by atoms with Crippen molar-refractivity contribution in [2.75, 3.05) is 14.2 Å². The average Bonchev–Trinajstić information content (AvgIpc) is 2.96. The summed E-state index contributed by atoms with van der Waals surface area (Å²) in [5.41, 5.74) is 0.890. The topological polar surface area (TPSA) is 60.2 Å². The van der Waals surface area contributed by atoms with E-state index in [-0.39, 0.29) is 5.41 Å². The SMILES string of the molecule is CNC(C)Cc1noc(C(C)(C)Cc2ccccc2OC)n1. The second-order valence-corrected chi connectivity index (χ2v) is 6.28. The molecule has 0 amide bonds. The summed E-state index contributed by atoms with van der Waals surface area (Å²) in [5, 5.41) is 7.28. The first kappa shape index (κ1) is 16.5. The Morgan fingerprint density at radius 1 is 1.32 bits per heavy atom. The van der Waals surface area contributed by atoms with E-state index in [1.165, 1.54) is 0 Å². The molecule has 0 radical (unpaired) electrons. The summed E-state index contributed by atoms with van der Waals surface area (Å²) in [7, 11) is 3.62. The lowest BCUT2D eigenvalue weighted by Crippen LogP contribution is -2.24. The largest absolute Gasteiger partial charge is 0.496 e. The fourth-order valence-electron chi connectivity index (χ4n) is 2.39. The van der Waals surface area contributed by atoms with Crippen molar-refractivity contribution in [3.8, 4) is 5.75 Å². The van der Waals surface area contributed by atoms with Gasteiger partial charge in [-0.1, -0.05) is 37.2 Å². The second-order valence-electron chi connectivity index (χ2n) is 6.28. The molecule has 5 heteroatoms. The molecule has 2 aromatic rings. The van der Waals surface area contributed by atoms with Crippen LogP contribution < -0.4 is 10.1 Å². The van der Waals surface area contributed by atoms with E-state index in [0.29, 0.717) is 11.9 Å². The van der Waals surface area contributed by atoms with Crippen molar-refractivity contribution in [1.82, 2.24) is 15.5 Å². The van der Waals surface area contributed by atoms with Gasteiger partial charge in [-0.25, -0.2) is 0 Å². The second kappa shape index (κ2) is 6.92. The first-order valence-corrected chi connectivity index (χ1v) is 7.58. The molecule has 0 fully saturated rings. The first-order chi connectivity index (χ1) is 10.5. The number of aromatic nitrogens is 2. The Morgan fingerprint density at radius 3 is 2.73 bits per heavy atom. The molecule has 0 saturated carbocycles. The molecule has 0 aliphatic heterocycles. The van der Waals surface area contributed by atoms with E-state index in [2.05, 4.69) is 42.3 Å². The summed E-state index contributed by atoms with van der Waals surface area (Å²) in [6, 6.07) is 8.35. The number of rotatable bonds is 7. The smallest absolute Gasteiger partial charge is 0.232 e. The Kier molecular flexibility index (Phi) is 5.19. The summed E-state index contributed by atoms with van der Waals surface area (Å²) >= 11 is 0. The van der Waals surface area contributed by atoms with Gasteiger partial charge >= 0.3 is 0 Å². The van der Waals surface area contributed by atoms with Crippen molar-refractivity contribution in [1.29, 1.82) is 0 Å². The number of likely N-dealkylation sites (N-methyl/N-ethyl adjacent to an activating group) is 1. The summed E-state index contributed by atoms with van der Waals surface area (Å²) in [4.78, 5) is 4.56. The third-order valence-corrected chi connectivity index (χ3v) is 3.85. The van der Waals surface area contributed by atoms with E-state index in [1.807, 2.05) is 25.2 Å². The van der Waals surface area contributed by atoms with E-state index >= 15 is 0 Å². The maximum absolute atomic E-state index is 5.49. The maximum Gasteiger partial charge on any atom is 0.232 e. The highest BCUT2D eigenvalue weighted by molar-refractivity contribution is 5.35. The van der Waals surface area contributed by atoms with Crippen LogP contribution in [0.4, 0.5) is 0 Å². The van der Waals surface area contributed by atoms with Gasteiger partial charge in [0.2, 0.25) is 5.89 Å². The molecule has 1 aromatic heterocycles. The number of hydrogen-bond acceptors (Lipinski definition) is 5. The van der Waals surface area contributed by atoms with E-state index in [1.54, 1.807) is 7.11 Å². The molecule has 1 N–H and O–H groups in total. The molecule has 22 heavy (non-hydrogen) atoms. The average molecular weight is 303 g/mol. The van der Waals surface area contributed by atoms with Gasteiger partial charge in [-0.3, -0.25) is 0 Å². The van der Waals surface area contributed by atoms with Crippen LogP contribution in [-0.4, -0.2) is 30.3 Å². The van der Waals surface area contributed by atoms with Crippen LogP contribution in [0.5, 0.6) is 5.75 Å². The zero-order valence-electron chi connectivity index (χ0n) is 14.0. The van der Waals surface area contributed by atoms with Crippen LogP contribution in [0.15, 0.2) is 28.8 Å². The van der Waals surface area contributed by atoms with Gasteiger partial charge in [0.25, 0.3) is 0 Å². The summed E-state index contributed by atoms with van der Waals surface area (Å²) in [6.45, 7) is 6.31. The molecule has 0 spiro atoms. The predicted molar refractivity (Wildman–Crippen MR) is 86.2 cm³/mol. The number of hydrogen-bond donors (Lipinski definition) is 1. The van der Waals surface area contributed by atoms with Crippen molar-refractivity contribution in [2.45, 2.75) is 45.1 Å². The maximum atomic E-state index is 5.49. The van der Waals surface area contributed by atoms with Gasteiger partial charge in [-0.05, 0) is 32.0 Å². The monoisotopic (exact) mass is 303 g/mol. The lowest BCUT2D eigenvalue weighted by Gasteiger charge is -2.21. The fraction of sp³-hybridized carbons (Fsp3) is 0.529. The summed E-state index contributed by atoms with van der Waals surface area (Å²) < 4.78 is 10.9. The minimum Gasteiger partial charge on any atom is -0.496 e. The van der Waals surface area contributed by atoms with Crippen LogP contribution in [0.25, 0.3) is 0 Å². The van der Waals surface area contributed by atoms with Crippen molar-refractivity contribution < 1.29 is 9.26 Å². The molecule has 1 heterocycles. The molecule has 1 atom stereocenters. The van der Waals surface area contributed by atoms with Gasteiger partial charge < -0.3 is 14.6 Å². The number of methoxy groups -OCH3 is 1. The zero-order valence-corrected chi connectivity index (χ0v) is 14.0. The molecule has 0 aliphatic rings. The van der Waals surface area contributed by atoms with Crippen LogP contribution in [-0.2, 0) is 18.3 Å². The quantitative estimate of drug-likeness (QED) is 0.852. The van der Waals surface area contributed by atoms with E-state index in [0.717, 1.165) is 30.0 Å². The molecule has 0 aliphatic carbocycles. The van der Waals surface area contributed by atoms with Crippen LogP contribution in [0.1, 0.15) is 38.0 Å². The molecular weight excluding hydrogens is 278 g/mol. The molecule has 0 bridgehead atoms. The Balaban J connectivity index is 2.16. The Labute approximate surface area is 132 Å². The van der Waals surface area contributed by atoms with Crippen molar-refractivity contribution in [3.05, 3.63) is 41.5 Å². The number of benzene rings is 1. The van der Waals surface area contributed by atoms with E-state index in [9.17, 15) is 0 Å². The normalized spacial score (nSPS) is 13.1. The molecular formula is C17H25N3O2. The van der Waals surface area contributed by atoms with Crippen LogP contribution in [0, 0.1) is 0 Å². The number of ether oxygens (including phenoxy) is 1. The minimum absolute atomic E-state index is 0.247. The van der Waals surface area contributed by atoms with Gasteiger partial charge in [0.1, 0.15) is 5.75 Å².